The molecule has 3 heterocycles. The molecule has 2 aliphatic heterocycles. The predicted octanol–water partition coefficient (Wildman–Crippen LogP) is 2.25. The molecule has 2 fully saturated rings. The number of rotatable bonds is 6. The molecule has 2 aromatic carbocycles. The standard InChI is InChI=1S/C27H26N4O5/c32-23(29-13-15-30(16-14-29)24(33)22-12-7-17-36-22)19-31-25(34)27(28-26(31)35,21-10-5-2-6-11-21)18-20-8-3-1-4-9-20/h1-12,17H,13-16,18-19H2,(H,28,35)/t27-/m1/s1. The quantitative estimate of drug-likeness (QED) is 0.539. The van der Waals surface area contributed by atoms with E-state index < -0.39 is 17.5 Å². The molecule has 1 atom stereocenters. The van der Waals surface area contributed by atoms with E-state index in [0.717, 1.165) is 10.5 Å². The van der Waals surface area contributed by atoms with Gasteiger partial charge < -0.3 is 19.5 Å². The van der Waals surface area contributed by atoms with E-state index in [1.807, 2.05) is 60.7 Å². The van der Waals surface area contributed by atoms with Gasteiger partial charge in [-0.2, -0.15) is 0 Å². The summed E-state index contributed by atoms with van der Waals surface area (Å²) in [5, 5.41) is 2.88. The van der Waals surface area contributed by atoms with Crippen LogP contribution >= 0.6 is 0 Å². The zero-order valence-corrected chi connectivity index (χ0v) is 19.6. The zero-order valence-electron chi connectivity index (χ0n) is 19.6. The minimum atomic E-state index is -1.30. The van der Waals surface area contributed by atoms with Crippen LogP contribution in [0.3, 0.4) is 0 Å². The summed E-state index contributed by atoms with van der Waals surface area (Å²) in [5.41, 5.74) is 0.251. The fourth-order valence-electron chi connectivity index (χ4n) is 4.76. The van der Waals surface area contributed by atoms with Crippen molar-refractivity contribution in [1.29, 1.82) is 0 Å². The zero-order chi connectivity index (χ0) is 25.1. The van der Waals surface area contributed by atoms with Gasteiger partial charge in [-0.05, 0) is 23.3 Å². The molecule has 0 bridgehead atoms. The highest BCUT2D eigenvalue weighted by molar-refractivity contribution is 6.09. The van der Waals surface area contributed by atoms with Crippen molar-refractivity contribution in [2.75, 3.05) is 32.7 Å². The Hall–Kier alpha value is -4.40. The molecular formula is C27H26N4O5. The van der Waals surface area contributed by atoms with Crippen molar-refractivity contribution in [3.63, 3.8) is 0 Å². The van der Waals surface area contributed by atoms with Gasteiger partial charge in [0.25, 0.3) is 11.8 Å². The maximum Gasteiger partial charge on any atom is 0.325 e. The first-order chi connectivity index (χ1) is 17.5. The molecule has 1 aromatic heterocycles. The molecule has 2 saturated heterocycles. The second-order valence-corrected chi connectivity index (χ2v) is 8.91. The molecule has 0 aliphatic carbocycles. The number of hydrogen-bond donors (Lipinski definition) is 1. The molecule has 0 radical (unpaired) electrons. The minimum absolute atomic E-state index is 0.227. The van der Waals surface area contributed by atoms with Gasteiger partial charge in [-0.25, -0.2) is 4.79 Å². The van der Waals surface area contributed by atoms with Crippen LogP contribution in [0.4, 0.5) is 4.79 Å². The highest BCUT2D eigenvalue weighted by Crippen LogP contribution is 2.33. The normalized spacial score (nSPS) is 19.9. The number of carbonyl (C=O) groups is 4. The molecule has 184 valence electrons. The number of furan rings is 1. The van der Waals surface area contributed by atoms with E-state index in [4.69, 9.17) is 4.42 Å². The lowest BCUT2D eigenvalue weighted by Crippen LogP contribution is -2.53. The molecule has 36 heavy (non-hydrogen) atoms. The topological polar surface area (TPSA) is 103 Å². The largest absolute Gasteiger partial charge is 0.459 e. The van der Waals surface area contributed by atoms with Crippen LogP contribution < -0.4 is 5.32 Å². The SMILES string of the molecule is O=C(CN1C(=O)N[C@](Cc2ccccc2)(c2ccccc2)C1=O)N1CCN(C(=O)c2ccco2)CC1. The number of hydrogen-bond acceptors (Lipinski definition) is 5. The van der Waals surface area contributed by atoms with Gasteiger partial charge in [0.2, 0.25) is 5.91 Å². The Bertz CT molecular complexity index is 1250. The van der Waals surface area contributed by atoms with E-state index in [1.54, 1.807) is 21.9 Å². The van der Waals surface area contributed by atoms with Crippen molar-refractivity contribution in [1.82, 2.24) is 20.0 Å². The maximum atomic E-state index is 13.7. The van der Waals surface area contributed by atoms with Crippen LogP contribution in [0.1, 0.15) is 21.7 Å². The van der Waals surface area contributed by atoms with Gasteiger partial charge in [0, 0.05) is 32.6 Å². The number of nitrogens with zero attached hydrogens (tertiary/aromatic N) is 3. The first kappa shape index (κ1) is 23.3. The van der Waals surface area contributed by atoms with Crippen LogP contribution in [-0.2, 0) is 21.5 Å². The molecule has 9 nitrogen and oxygen atoms in total. The highest BCUT2D eigenvalue weighted by Gasteiger charge is 2.53. The van der Waals surface area contributed by atoms with Crippen molar-refractivity contribution in [3.05, 3.63) is 95.9 Å². The lowest BCUT2D eigenvalue weighted by molar-refractivity contribution is -0.140. The van der Waals surface area contributed by atoms with Crippen LogP contribution in [0.5, 0.6) is 0 Å². The minimum Gasteiger partial charge on any atom is -0.459 e. The fourth-order valence-corrected chi connectivity index (χ4v) is 4.76. The van der Waals surface area contributed by atoms with Crippen molar-refractivity contribution < 1.29 is 23.6 Å². The Morgan fingerprint density at radius 1 is 0.833 bits per heavy atom. The second kappa shape index (κ2) is 9.69. The van der Waals surface area contributed by atoms with Crippen molar-refractivity contribution >= 4 is 23.8 Å². The molecule has 1 N–H and O–H groups in total. The first-order valence-electron chi connectivity index (χ1n) is 11.8. The smallest absolute Gasteiger partial charge is 0.325 e. The Balaban J connectivity index is 1.29. The Morgan fingerprint density at radius 3 is 2.11 bits per heavy atom. The van der Waals surface area contributed by atoms with Crippen molar-refractivity contribution in [2.45, 2.75) is 12.0 Å². The van der Waals surface area contributed by atoms with E-state index in [-0.39, 0.29) is 30.5 Å². The fraction of sp³-hybridized carbons (Fsp3) is 0.259. The monoisotopic (exact) mass is 486 g/mol. The Labute approximate surface area is 208 Å². The summed E-state index contributed by atoms with van der Waals surface area (Å²) < 4.78 is 5.17. The molecule has 3 aromatic rings. The van der Waals surface area contributed by atoms with Gasteiger partial charge in [0.05, 0.1) is 6.26 Å². The number of imide groups is 1. The van der Waals surface area contributed by atoms with Crippen LogP contribution in [0.25, 0.3) is 0 Å². The lowest BCUT2D eigenvalue weighted by Gasteiger charge is -2.35. The molecule has 0 spiro atoms. The molecule has 5 amide bonds. The van der Waals surface area contributed by atoms with Gasteiger partial charge in [-0.1, -0.05) is 60.7 Å². The average molecular weight is 487 g/mol. The molecule has 5 rings (SSSR count). The van der Waals surface area contributed by atoms with E-state index in [2.05, 4.69) is 5.32 Å². The second-order valence-electron chi connectivity index (χ2n) is 8.91. The predicted molar refractivity (Wildman–Crippen MR) is 130 cm³/mol. The lowest BCUT2D eigenvalue weighted by atomic mass is 9.83. The van der Waals surface area contributed by atoms with Crippen molar-refractivity contribution in [3.8, 4) is 0 Å². The summed E-state index contributed by atoms with van der Waals surface area (Å²) in [7, 11) is 0. The molecule has 2 aliphatic rings. The summed E-state index contributed by atoms with van der Waals surface area (Å²) in [5.74, 6) is -0.769. The number of piperazine rings is 1. The summed E-state index contributed by atoms with van der Waals surface area (Å²) in [6.07, 6.45) is 1.71. The van der Waals surface area contributed by atoms with E-state index in [9.17, 15) is 19.2 Å². The van der Waals surface area contributed by atoms with Gasteiger partial charge in [-0.3, -0.25) is 19.3 Å². The van der Waals surface area contributed by atoms with E-state index >= 15 is 0 Å². The van der Waals surface area contributed by atoms with Crippen LogP contribution in [0.2, 0.25) is 0 Å². The third-order valence-corrected chi connectivity index (χ3v) is 6.70. The van der Waals surface area contributed by atoms with E-state index in [0.29, 0.717) is 31.7 Å². The summed E-state index contributed by atoms with van der Waals surface area (Å²) >= 11 is 0. The molecule has 0 unspecified atom stereocenters. The number of urea groups is 1. The Morgan fingerprint density at radius 2 is 1.47 bits per heavy atom. The van der Waals surface area contributed by atoms with E-state index in [1.165, 1.54) is 6.26 Å². The average Bonchev–Trinajstić information content (AvgIpc) is 3.53. The number of benzene rings is 2. The third-order valence-electron chi connectivity index (χ3n) is 6.70. The van der Waals surface area contributed by atoms with Gasteiger partial charge in [0.1, 0.15) is 6.54 Å². The summed E-state index contributed by atoms with van der Waals surface area (Å²) in [6.45, 7) is 0.937. The van der Waals surface area contributed by atoms with Gasteiger partial charge in [0.15, 0.2) is 11.3 Å². The van der Waals surface area contributed by atoms with Crippen molar-refractivity contribution in [2.24, 2.45) is 0 Å². The maximum absolute atomic E-state index is 13.7. The highest BCUT2D eigenvalue weighted by atomic mass is 16.3. The Kier molecular flexibility index (Phi) is 6.28. The number of amides is 5. The third kappa shape index (κ3) is 4.35. The number of carbonyl (C=O) groups excluding carboxylic acids is 4. The summed E-state index contributed by atoms with van der Waals surface area (Å²) in [6, 6.07) is 21.2. The summed E-state index contributed by atoms with van der Waals surface area (Å²) in [4.78, 5) is 56.5. The van der Waals surface area contributed by atoms with Crippen LogP contribution in [-0.4, -0.2) is 71.2 Å². The number of nitrogens with one attached hydrogen (secondary N) is 1. The van der Waals surface area contributed by atoms with Crippen LogP contribution in [0.15, 0.2) is 83.5 Å². The molecule has 9 heteroatoms. The van der Waals surface area contributed by atoms with Gasteiger partial charge in [-0.15, -0.1) is 0 Å². The van der Waals surface area contributed by atoms with Crippen LogP contribution in [0, 0.1) is 0 Å². The first-order valence-corrected chi connectivity index (χ1v) is 11.8. The molecule has 0 saturated carbocycles. The van der Waals surface area contributed by atoms with Gasteiger partial charge >= 0.3 is 6.03 Å². The molecular weight excluding hydrogens is 460 g/mol.